The van der Waals surface area contributed by atoms with Gasteiger partial charge in [0.1, 0.15) is 0 Å². The van der Waals surface area contributed by atoms with E-state index in [2.05, 4.69) is 21.6 Å². The molecule has 1 aromatic heterocycles. The molecule has 0 saturated carbocycles. The minimum absolute atomic E-state index is 0.0929. The number of sulfonamides is 1. The SMILES string of the molecule is CCCCCCCCCCCc1ccccc1S(=O)(=O)Nc1ncccn1. The van der Waals surface area contributed by atoms with Gasteiger partial charge < -0.3 is 0 Å². The second-order valence-electron chi connectivity index (χ2n) is 6.86. The molecule has 0 amide bonds. The van der Waals surface area contributed by atoms with Gasteiger partial charge in [0.15, 0.2) is 0 Å². The molecule has 0 unspecified atom stereocenters. The molecule has 0 aliphatic carbocycles. The summed E-state index contributed by atoms with van der Waals surface area (Å²) in [5, 5.41) is 0. The van der Waals surface area contributed by atoms with E-state index in [0.717, 1.165) is 24.8 Å². The van der Waals surface area contributed by atoms with Gasteiger partial charge >= 0.3 is 0 Å². The van der Waals surface area contributed by atoms with Crippen LogP contribution in [0.4, 0.5) is 5.95 Å². The molecular weight excluding hydrogens is 358 g/mol. The number of anilines is 1. The number of hydrogen-bond donors (Lipinski definition) is 1. The quantitative estimate of drug-likeness (QED) is 0.469. The lowest BCUT2D eigenvalue weighted by molar-refractivity contribution is 0.563. The van der Waals surface area contributed by atoms with E-state index in [9.17, 15) is 8.42 Å². The smallest absolute Gasteiger partial charge is 0.247 e. The van der Waals surface area contributed by atoms with Crippen molar-refractivity contribution in [1.29, 1.82) is 0 Å². The van der Waals surface area contributed by atoms with Crippen LogP contribution in [0, 0.1) is 0 Å². The summed E-state index contributed by atoms with van der Waals surface area (Å²) in [5.41, 5.74) is 0.851. The highest BCUT2D eigenvalue weighted by Gasteiger charge is 2.18. The van der Waals surface area contributed by atoms with Crippen LogP contribution in [0.2, 0.25) is 0 Å². The fourth-order valence-corrected chi connectivity index (χ4v) is 4.35. The Balaban J connectivity index is 1.83. The molecule has 1 heterocycles. The topological polar surface area (TPSA) is 72.0 Å². The molecule has 2 rings (SSSR count). The maximum absolute atomic E-state index is 12.7. The maximum atomic E-state index is 12.7. The van der Waals surface area contributed by atoms with E-state index >= 15 is 0 Å². The molecule has 1 aromatic carbocycles. The summed E-state index contributed by atoms with van der Waals surface area (Å²) in [5.74, 6) is 0.0929. The number of rotatable bonds is 13. The number of nitrogens with one attached hydrogen (secondary N) is 1. The Bertz CT molecular complexity index is 764. The van der Waals surface area contributed by atoms with Crippen LogP contribution in [0.15, 0.2) is 47.6 Å². The predicted molar refractivity (Wildman–Crippen MR) is 110 cm³/mol. The third kappa shape index (κ3) is 7.67. The lowest BCUT2D eigenvalue weighted by atomic mass is 10.0. The summed E-state index contributed by atoms with van der Waals surface area (Å²) in [6.45, 7) is 2.24. The van der Waals surface area contributed by atoms with Gasteiger partial charge in [-0.2, -0.15) is 0 Å². The van der Waals surface area contributed by atoms with Crippen LogP contribution >= 0.6 is 0 Å². The zero-order valence-electron chi connectivity index (χ0n) is 16.2. The Labute approximate surface area is 163 Å². The van der Waals surface area contributed by atoms with E-state index in [-0.39, 0.29) is 5.95 Å². The van der Waals surface area contributed by atoms with Gasteiger partial charge in [-0.1, -0.05) is 76.5 Å². The Hall–Kier alpha value is -1.95. The van der Waals surface area contributed by atoms with Crippen molar-refractivity contribution in [3.05, 3.63) is 48.3 Å². The first-order valence-electron chi connectivity index (χ1n) is 10.0. The molecule has 0 aliphatic rings. The number of aromatic nitrogens is 2. The second kappa shape index (κ2) is 11.7. The van der Waals surface area contributed by atoms with Crippen molar-refractivity contribution in [3.63, 3.8) is 0 Å². The zero-order valence-corrected chi connectivity index (χ0v) is 17.0. The second-order valence-corrected chi connectivity index (χ2v) is 8.51. The molecule has 0 saturated heterocycles. The molecule has 0 fully saturated rings. The molecule has 2 aromatic rings. The van der Waals surface area contributed by atoms with Crippen LogP contribution in [-0.2, 0) is 16.4 Å². The van der Waals surface area contributed by atoms with Crippen molar-refractivity contribution in [3.8, 4) is 0 Å². The Morgan fingerprint density at radius 3 is 2.07 bits per heavy atom. The largest absolute Gasteiger partial charge is 0.264 e. The van der Waals surface area contributed by atoms with Gasteiger partial charge in [-0.3, -0.25) is 0 Å². The molecule has 0 spiro atoms. The summed E-state index contributed by atoms with van der Waals surface area (Å²) >= 11 is 0. The van der Waals surface area contributed by atoms with Gasteiger partial charge in [-0.25, -0.2) is 23.1 Å². The van der Waals surface area contributed by atoms with E-state index in [1.54, 1.807) is 18.2 Å². The fourth-order valence-electron chi connectivity index (χ4n) is 3.13. The van der Waals surface area contributed by atoms with Gasteiger partial charge in [0.05, 0.1) is 4.90 Å². The minimum Gasteiger partial charge on any atom is -0.247 e. The molecule has 0 aliphatic heterocycles. The van der Waals surface area contributed by atoms with Crippen LogP contribution in [0.5, 0.6) is 0 Å². The number of aryl methyl sites for hydroxylation is 1. The highest BCUT2D eigenvalue weighted by atomic mass is 32.2. The minimum atomic E-state index is -3.68. The number of nitrogens with zero attached hydrogens (tertiary/aromatic N) is 2. The maximum Gasteiger partial charge on any atom is 0.264 e. The first kappa shape index (κ1) is 21.4. The highest BCUT2D eigenvalue weighted by molar-refractivity contribution is 7.92. The average Bonchev–Trinajstić information content (AvgIpc) is 2.67. The first-order chi connectivity index (χ1) is 13.1. The number of unbranched alkanes of at least 4 members (excludes halogenated alkanes) is 8. The molecule has 5 nitrogen and oxygen atoms in total. The van der Waals surface area contributed by atoms with Gasteiger partial charge in [-0.15, -0.1) is 0 Å². The molecule has 0 bridgehead atoms. The third-order valence-corrected chi connectivity index (χ3v) is 6.03. The summed E-state index contributed by atoms with van der Waals surface area (Å²) in [6, 6.07) is 8.83. The molecular formula is C21H31N3O2S. The fraction of sp³-hybridized carbons (Fsp3) is 0.524. The van der Waals surface area contributed by atoms with E-state index in [1.165, 1.54) is 57.3 Å². The van der Waals surface area contributed by atoms with Crippen LogP contribution in [0.3, 0.4) is 0 Å². The molecule has 148 valence electrons. The highest BCUT2D eigenvalue weighted by Crippen LogP contribution is 2.20. The van der Waals surface area contributed by atoms with E-state index in [4.69, 9.17) is 0 Å². The van der Waals surface area contributed by atoms with Crippen LogP contribution in [0.25, 0.3) is 0 Å². The van der Waals surface area contributed by atoms with Crippen molar-refractivity contribution in [2.75, 3.05) is 4.72 Å². The van der Waals surface area contributed by atoms with Gasteiger partial charge in [0, 0.05) is 12.4 Å². The van der Waals surface area contributed by atoms with E-state index in [0.29, 0.717) is 4.90 Å². The third-order valence-electron chi connectivity index (χ3n) is 4.60. The van der Waals surface area contributed by atoms with Gasteiger partial charge in [-0.05, 0) is 30.5 Å². The van der Waals surface area contributed by atoms with Crippen LogP contribution in [0.1, 0.15) is 70.3 Å². The first-order valence-corrected chi connectivity index (χ1v) is 11.5. The van der Waals surface area contributed by atoms with Crippen LogP contribution in [-0.4, -0.2) is 18.4 Å². The van der Waals surface area contributed by atoms with Crippen molar-refractivity contribution >= 4 is 16.0 Å². The average molecular weight is 390 g/mol. The van der Waals surface area contributed by atoms with E-state index in [1.807, 2.05) is 12.1 Å². The van der Waals surface area contributed by atoms with Crippen molar-refractivity contribution in [2.24, 2.45) is 0 Å². The Kier molecular flexibility index (Phi) is 9.25. The normalized spacial score (nSPS) is 11.4. The number of benzene rings is 1. The van der Waals surface area contributed by atoms with Crippen molar-refractivity contribution in [2.45, 2.75) is 76.0 Å². The van der Waals surface area contributed by atoms with Crippen molar-refractivity contribution in [1.82, 2.24) is 9.97 Å². The Morgan fingerprint density at radius 1 is 0.815 bits per heavy atom. The lowest BCUT2D eigenvalue weighted by Gasteiger charge is -2.11. The molecule has 6 heteroatoms. The van der Waals surface area contributed by atoms with Gasteiger partial charge in [0.2, 0.25) is 5.95 Å². The summed E-state index contributed by atoms with van der Waals surface area (Å²) < 4.78 is 27.8. The summed E-state index contributed by atoms with van der Waals surface area (Å²) in [7, 11) is -3.68. The molecule has 27 heavy (non-hydrogen) atoms. The molecule has 1 N–H and O–H groups in total. The predicted octanol–water partition coefficient (Wildman–Crippen LogP) is 5.35. The van der Waals surface area contributed by atoms with Gasteiger partial charge in [0.25, 0.3) is 10.0 Å². The zero-order chi connectivity index (χ0) is 19.4. The summed E-state index contributed by atoms with van der Waals surface area (Å²) in [4.78, 5) is 8.20. The number of hydrogen-bond acceptors (Lipinski definition) is 4. The lowest BCUT2D eigenvalue weighted by Crippen LogP contribution is -2.16. The van der Waals surface area contributed by atoms with E-state index < -0.39 is 10.0 Å². The molecule has 0 atom stereocenters. The van der Waals surface area contributed by atoms with Crippen LogP contribution < -0.4 is 4.72 Å². The monoisotopic (exact) mass is 389 g/mol. The standard InChI is InChI=1S/C21H31N3O2S/c1-2-3-4-5-6-7-8-9-10-14-19-15-11-12-16-20(19)27(25,26)24-21-22-17-13-18-23-21/h11-13,15-18H,2-10,14H2,1H3,(H,22,23,24). The Morgan fingerprint density at radius 2 is 1.41 bits per heavy atom. The van der Waals surface area contributed by atoms with Crippen molar-refractivity contribution < 1.29 is 8.42 Å². The molecule has 0 radical (unpaired) electrons. The summed E-state index contributed by atoms with van der Waals surface area (Å²) in [6.07, 6.45) is 15.0.